The lowest BCUT2D eigenvalue weighted by Gasteiger charge is -1.96. The number of H-pyrrole nitrogens is 1. The molecule has 0 amide bonds. The van der Waals surface area contributed by atoms with Gasteiger partial charge in [-0.1, -0.05) is 0 Å². The van der Waals surface area contributed by atoms with Crippen LogP contribution in [0.25, 0.3) is 33.1 Å². The molecular formula is C20H17N5S. The van der Waals surface area contributed by atoms with E-state index >= 15 is 0 Å². The molecule has 2 aromatic heterocycles. The van der Waals surface area contributed by atoms with E-state index in [0.717, 1.165) is 42.7 Å². The van der Waals surface area contributed by atoms with Crippen molar-refractivity contribution in [1.82, 2.24) is 4.98 Å². The van der Waals surface area contributed by atoms with Gasteiger partial charge in [-0.3, -0.25) is 10.8 Å². The van der Waals surface area contributed by atoms with Crippen LogP contribution in [0.1, 0.15) is 21.7 Å². The zero-order chi connectivity index (χ0) is 18.3. The van der Waals surface area contributed by atoms with Crippen molar-refractivity contribution >= 4 is 56.1 Å². The molecule has 0 bridgehead atoms. The summed E-state index contributed by atoms with van der Waals surface area (Å²) in [5, 5.41) is 17.2. The molecule has 0 saturated heterocycles. The maximum absolute atomic E-state index is 7.55. The largest absolute Gasteiger partial charge is 0.384 e. The van der Waals surface area contributed by atoms with Crippen LogP contribution in [0.2, 0.25) is 0 Å². The summed E-state index contributed by atoms with van der Waals surface area (Å²) in [7, 11) is 0. The Morgan fingerprint density at radius 1 is 0.846 bits per heavy atom. The standard InChI is InChI=1S/C20H17N5S/c21-19(22)11-1-5-17-13(7-11)9-15(25-17)3-4-16-10-14-8-12(20(23)24)2-6-18(14)26-16/h1-10,25H,(H3,21,22)(H3,23,24)/b4-3+. The third-order valence-electron chi connectivity index (χ3n) is 4.23. The summed E-state index contributed by atoms with van der Waals surface area (Å²) in [5.41, 5.74) is 14.6. The Bertz CT molecular complexity index is 1100. The van der Waals surface area contributed by atoms with Crippen molar-refractivity contribution in [1.29, 1.82) is 10.8 Å². The van der Waals surface area contributed by atoms with Crippen LogP contribution in [0.15, 0.2) is 48.5 Å². The number of nitrogens with one attached hydrogen (secondary N) is 3. The van der Waals surface area contributed by atoms with Crippen LogP contribution in [0.4, 0.5) is 0 Å². The lowest BCUT2D eigenvalue weighted by molar-refractivity contribution is 1.42. The molecule has 0 aliphatic heterocycles. The summed E-state index contributed by atoms with van der Waals surface area (Å²) in [6.07, 6.45) is 4.10. The Labute approximate surface area is 154 Å². The predicted octanol–water partition coefficient (Wildman–Crippen LogP) is 4.12. The molecule has 6 heteroatoms. The van der Waals surface area contributed by atoms with Gasteiger partial charge in [-0.05, 0) is 66.1 Å². The van der Waals surface area contributed by atoms with E-state index in [0.29, 0.717) is 0 Å². The number of aromatic nitrogens is 1. The molecule has 0 aliphatic rings. The first kappa shape index (κ1) is 16.1. The lowest BCUT2D eigenvalue weighted by atomic mass is 10.1. The maximum Gasteiger partial charge on any atom is 0.122 e. The van der Waals surface area contributed by atoms with Gasteiger partial charge < -0.3 is 16.5 Å². The first-order valence-corrected chi connectivity index (χ1v) is 8.84. The van der Waals surface area contributed by atoms with E-state index in [-0.39, 0.29) is 11.7 Å². The molecule has 0 aliphatic carbocycles. The number of nitrogen functional groups attached to an aromatic ring is 2. The van der Waals surface area contributed by atoms with Gasteiger partial charge in [-0.25, -0.2) is 0 Å². The van der Waals surface area contributed by atoms with E-state index in [9.17, 15) is 0 Å². The third-order valence-corrected chi connectivity index (χ3v) is 5.31. The summed E-state index contributed by atoms with van der Waals surface area (Å²) in [6.45, 7) is 0. The normalized spacial score (nSPS) is 11.5. The molecule has 128 valence electrons. The fourth-order valence-electron chi connectivity index (χ4n) is 2.90. The van der Waals surface area contributed by atoms with Gasteiger partial charge in [0, 0.05) is 37.3 Å². The second kappa shape index (κ2) is 6.16. The highest BCUT2D eigenvalue weighted by Gasteiger charge is 2.04. The molecule has 26 heavy (non-hydrogen) atoms. The number of hydrogen-bond acceptors (Lipinski definition) is 3. The molecule has 0 fully saturated rings. The molecule has 0 spiro atoms. The van der Waals surface area contributed by atoms with Crippen molar-refractivity contribution < 1.29 is 0 Å². The van der Waals surface area contributed by atoms with Gasteiger partial charge in [-0.15, -0.1) is 11.3 Å². The minimum absolute atomic E-state index is 0.0698. The van der Waals surface area contributed by atoms with E-state index in [4.69, 9.17) is 22.3 Å². The number of thiophene rings is 1. The van der Waals surface area contributed by atoms with Gasteiger partial charge in [0.05, 0.1) is 0 Å². The number of amidine groups is 2. The van der Waals surface area contributed by atoms with E-state index in [1.54, 1.807) is 11.3 Å². The van der Waals surface area contributed by atoms with Gasteiger partial charge in [0.2, 0.25) is 0 Å². The van der Waals surface area contributed by atoms with Gasteiger partial charge in [0.25, 0.3) is 0 Å². The maximum atomic E-state index is 7.55. The van der Waals surface area contributed by atoms with Crippen LogP contribution >= 0.6 is 11.3 Å². The van der Waals surface area contributed by atoms with Crippen LogP contribution in [-0.4, -0.2) is 16.7 Å². The summed E-state index contributed by atoms with van der Waals surface area (Å²) >= 11 is 1.69. The number of nitrogens with two attached hydrogens (primary N) is 2. The van der Waals surface area contributed by atoms with Crippen molar-refractivity contribution in [2.24, 2.45) is 11.5 Å². The fourth-order valence-corrected chi connectivity index (χ4v) is 3.85. The summed E-state index contributed by atoms with van der Waals surface area (Å²) in [4.78, 5) is 4.48. The lowest BCUT2D eigenvalue weighted by Crippen LogP contribution is -2.10. The van der Waals surface area contributed by atoms with E-state index in [1.165, 1.54) is 0 Å². The zero-order valence-corrected chi connectivity index (χ0v) is 14.7. The van der Waals surface area contributed by atoms with Crippen molar-refractivity contribution in [3.05, 3.63) is 70.2 Å². The van der Waals surface area contributed by atoms with Crippen LogP contribution in [0, 0.1) is 10.8 Å². The van der Waals surface area contributed by atoms with Crippen molar-refractivity contribution in [2.45, 2.75) is 0 Å². The van der Waals surface area contributed by atoms with Gasteiger partial charge in [-0.2, -0.15) is 0 Å². The molecule has 2 heterocycles. The van der Waals surface area contributed by atoms with Crippen LogP contribution in [0.3, 0.4) is 0 Å². The number of rotatable bonds is 4. The fraction of sp³-hybridized carbons (Fsp3) is 0. The molecule has 4 rings (SSSR count). The molecular weight excluding hydrogens is 342 g/mol. The molecule has 0 saturated carbocycles. The smallest absolute Gasteiger partial charge is 0.122 e. The quantitative estimate of drug-likeness (QED) is 0.278. The first-order chi connectivity index (χ1) is 12.5. The van der Waals surface area contributed by atoms with Crippen LogP contribution in [-0.2, 0) is 0 Å². The van der Waals surface area contributed by atoms with E-state index in [2.05, 4.69) is 17.1 Å². The SMILES string of the molecule is N=C(N)c1ccc2[nH]c(/C=C/c3cc4cc(C(=N)N)ccc4s3)cc2c1. The van der Waals surface area contributed by atoms with Gasteiger partial charge in [0.15, 0.2) is 0 Å². The number of aromatic amines is 1. The Morgan fingerprint density at radius 3 is 2.27 bits per heavy atom. The number of fused-ring (bicyclic) bond motifs is 2. The van der Waals surface area contributed by atoms with Gasteiger partial charge in [0.1, 0.15) is 11.7 Å². The molecule has 0 radical (unpaired) electrons. The third kappa shape index (κ3) is 2.98. The molecule has 0 unspecified atom stereocenters. The average molecular weight is 359 g/mol. The Hall–Kier alpha value is -3.38. The summed E-state index contributed by atoms with van der Waals surface area (Å²) in [6, 6.07) is 15.6. The molecule has 4 aromatic rings. The summed E-state index contributed by atoms with van der Waals surface area (Å²) < 4.78 is 1.16. The zero-order valence-electron chi connectivity index (χ0n) is 13.8. The molecule has 7 N–H and O–H groups in total. The van der Waals surface area contributed by atoms with E-state index < -0.39 is 0 Å². The monoisotopic (exact) mass is 359 g/mol. The highest BCUT2D eigenvalue weighted by atomic mass is 32.1. The Kier molecular flexibility index (Phi) is 3.82. The van der Waals surface area contributed by atoms with Crippen molar-refractivity contribution in [3.8, 4) is 0 Å². The number of hydrogen-bond donors (Lipinski definition) is 5. The second-order valence-electron chi connectivity index (χ2n) is 6.09. The summed E-state index contributed by atoms with van der Waals surface area (Å²) in [5.74, 6) is 0.151. The molecule has 0 atom stereocenters. The number of benzene rings is 2. The molecule has 2 aromatic carbocycles. The van der Waals surface area contributed by atoms with Crippen LogP contribution in [0.5, 0.6) is 0 Å². The minimum atomic E-state index is 0.0698. The topological polar surface area (TPSA) is 116 Å². The second-order valence-corrected chi connectivity index (χ2v) is 7.20. The Morgan fingerprint density at radius 2 is 1.54 bits per heavy atom. The van der Waals surface area contributed by atoms with Crippen molar-refractivity contribution in [3.63, 3.8) is 0 Å². The first-order valence-electron chi connectivity index (χ1n) is 8.03. The molecule has 5 nitrogen and oxygen atoms in total. The van der Waals surface area contributed by atoms with E-state index in [1.807, 2.05) is 48.5 Å². The van der Waals surface area contributed by atoms with Crippen molar-refractivity contribution in [2.75, 3.05) is 0 Å². The Balaban J connectivity index is 1.65. The highest BCUT2D eigenvalue weighted by Crippen LogP contribution is 2.28. The minimum Gasteiger partial charge on any atom is -0.384 e. The predicted molar refractivity (Wildman–Crippen MR) is 111 cm³/mol. The average Bonchev–Trinajstić information content (AvgIpc) is 3.21. The van der Waals surface area contributed by atoms with Gasteiger partial charge >= 0.3 is 0 Å². The highest BCUT2D eigenvalue weighted by molar-refractivity contribution is 7.19. The van der Waals surface area contributed by atoms with Crippen LogP contribution < -0.4 is 11.5 Å².